The molecule has 0 radical (unpaired) electrons. The Morgan fingerprint density at radius 3 is 2.60 bits per heavy atom. The third kappa shape index (κ3) is 2.72. The molecule has 1 aliphatic heterocycles. The average molecular weight is 142 g/mol. The van der Waals surface area contributed by atoms with E-state index in [1.54, 1.807) is 0 Å². The smallest absolute Gasteiger partial charge is 0.336 e. The van der Waals surface area contributed by atoms with Crippen LogP contribution in [0.25, 0.3) is 0 Å². The quantitative estimate of drug-likeness (QED) is 0.408. The third-order valence-corrected chi connectivity index (χ3v) is 2.26. The number of hydrogen-bond donors (Lipinski definition) is 0. The fraction of sp³-hybridized carbons (Fsp3) is 1.00. The van der Waals surface area contributed by atoms with Crippen LogP contribution in [-0.4, -0.2) is 6.99 Å². The molecule has 0 spiro atoms. The summed E-state index contributed by atoms with van der Waals surface area (Å²) in [4.78, 5) is 0. The van der Waals surface area contributed by atoms with Gasteiger partial charge in [-0.25, -0.2) is 0 Å². The van der Waals surface area contributed by atoms with Crippen molar-refractivity contribution >= 4 is 6.99 Å². The second kappa shape index (κ2) is 4.00. The highest BCUT2D eigenvalue weighted by Crippen LogP contribution is 2.42. The Morgan fingerprint density at radius 2 is 2.10 bits per heavy atom. The van der Waals surface area contributed by atoms with Crippen LogP contribution < -0.4 is 0 Å². The number of unbranched alkanes of at least 4 members (excludes halogenated alkanes) is 3. The van der Waals surface area contributed by atoms with E-state index in [1.807, 2.05) is 0 Å². The molecule has 10 heavy (non-hydrogen) atoms. The van der Waals surface area contributed by atoms with E-state index in [2.05, 4.69) is 6.92 Å². The van der Waals surface area contributed by atoms with Gasteiger partial charge in [-0.3, -0.25) is 0 Å². The summed E-state index contributed by atoms with van der Waals surface area (Å²) >= 11 is 0. The molecule has 0 bridgehead atoms. The van der Waals surface area contributed by atoms with Crippen molar-refractivity contribution in [2.24, 2.45) is 0 Å². The molecule has 0 aromatic rings. The molecule has 1 heterocycles. The van der Waals surface area contributed by atoms with Crippen LogP contribution in [0.4, 0.5) is 4.32 Å². The van der Waals surface area contributed by atoms with Crippen molar-refractivity contribution in [1.29, 1.82) is 0 Å². The minimum absolute atomic E-state index is 0.429. The molecule has 1 rings (SSSR count). The Balaban J connectivity index is 1.78. The Hall–Kier alpha value is -0.00506. The van der Waals surface area contributed by atoms with Crippen LogP contribution in [0.3, 0.4) is 0 Å². The van der Waals surface area contributed by atoms with Gasteiger partial charge in [0.1, 0.15) is 0 Å². The first-order valence-electron chi connectivity index (χ1n) is 4.48. The molecule has 2 heteroatoms. The summed E-state index contributed by atoms with van der Waals surface area (Å²) in [6.07, 6.45) is 7.15. The van der Waals surface area contributed by atoms with Crippen LogP contribution in [0.2, 0.25) is 12.1 Å². The van der Waals surface area contributed by atoms with Gasteiger partial charge in [0.2, 0.25) is 0 Å². The lowest BCUT2D eigenvalue weighted by molar-refractivity contribution is 0.635. The summed E-state index contributed by atoms with van der Waals surface area (Å²) in [5, 5.41) is 0. The van der Waals surface area contributed by atoms with Gasteiger partial charge in [-0.05, 0) is 12.1 Å². The second-order valence-electron chi connectivity index (χ2n) is 3.36. The summed E-state index contributed by atoms with van der Waals surface area (Å²) in [6, 6.07) is 0. The molecule has 1 atom stereocenters. The SMILES string of the molecule is CCCCCCC1CB1F. The maximum Gasteiger partial charge on any atom is 0.350 e. The van der Waals surface area contributed by atoms with Crippen molar-refractivity contribution in [3.8, 4) is 0 Å². The van der Waals surface area contributed by atoms with Gasteiger partial charge in [-0.1, -0.05) is 39.0 Å². The first kappa shape index (κ1) is 8.09. The van der Waals surface area contributed by atoms with Crippen molar-refractivity contribution in [3.63, 3.8) is 0 Å². The second-order valence-corrected chi connectivity index (χ2v) is 3.36. The van der Waals surface area contributed by atoms with Gasteiger partial charge < -0.3 is 4.32 Å². The highest BCUT2D eigenvalue weighted by Gasteiger charge is 2.42. The Labute approximate surface area is 63.3 Å². The number of halogens is 1. The molecule has 0 saturated carbocycles. The minimum Gasteiger partial charge on any atom is -0.336 e. The fourth-order valence-corrected chi connectivity index (χ4v) is 1.34. The molecule has 1 saturated heterocycles. The van der Waals surface area contributed by atoms with Gasteiger partial charge >= 0.3 is 6.99 Å². The third-order valence-electron chi connectivity index (χ3n) is 2.26. The molecule has 1 fully saturated rings. The molecule has 0 amide bonds. The molecule has 0 aliphatic carbocycles. The van der Waals surface area contributed by atoms with E-state index < -0.39 is 6.99 Å². The van der Waals surface area contributed by atoms with Crippen LogP contribution >= 0.6 is 0 Å². The van der Waals surface area contributed by atoms with Crippen LogP contribution in [0.1, 0.15) is 39.0 Å². The van der Waals surface area contributed by atoms with Gasteiger partial charge in [0.25, 0.3) is 0 Å². The topological polar surface area (TPSA) is 0 Å². The lowest BCUT2D eigenvalue weighted by atomic mass is 9.92. The van der Waals surface area contributed by atoms with E-state index in [4.69, 9.17) is 0 Å². The van der Waals surface area contributed by atoms with E-state index in [0.717, 1.165) is 12.7 Å². The first-order valence-corrected chi connectivity index (χ1v) is 4.48. The van der Waals surface area contributed by atoms with Crippen LogP contribution in [0.5, 0.6) is 0 Å². The highest BCUT2D eigenvalue weighted by molar-refractivity contribution is 6.64. The summed E-state index contributed by atoms with van der Waals surface area (Å²) in [6.45, 7) is 1.77. The molecule has 0 N–H and O–H groups in total. The largest absolute Gasteiger partial charge is 0.350 e. The minimum atomic E-state index is -0.429. The molecule has 1 aliphatic rings. The Kier molecular flexibility index (Phi) is 3.23. The number of rotatable bonds is 5. The van der Waals surface area contributed by atoms with E-state index in [1.165, 1.54) is 25.7 Å². The van der Waals surface area contributed by atoms with Crippen molar-refractivity contribution in [3.05, 3.63) is 0 Å². The molecule has 0 aromatic heterocycles. The Morgan fingerprint density at radius 1 is 1.40 bits per heavy atom. The zero-order valence-electron chi connectivity index (χ0n) is 6.78. The molecule has 0 aromatic carbocycles. The highest BCUT2D eigenvalue weighted by atomic mass is 19.1. The van der Waals surface area contributed by atoms with E-state index in [9.17, 15) is 4.32 Å². The Bertz CT molecular complexity index is 95.3. The normalized spacial score (nSPS) is 23.4. The summed E-state index contributed by atoms with van der Waals surface area (Å²) in [5.41, 5.74) is 0. The van der Waals surface area contributed by atoms with Crippen molar-refractivity contribution in [2.75, 3.05) is 0 Å². The van der Waals surface area contributed by atoms with E-state index in [-0.39, 0.29) is 0 Å². The summed E-state index contributed by atoms with van der Waals surface area (Å²) in [7, 11) is 0. The molecular formula is C8H16BF. The number of hydrogen-bond acceptors (Lipinski definition) is 0. The van der Waals surface area contributed by atoms with Gasteiger partial charge in [-0.2, -0.15) is 0 Å². The monoisotopic (exact) mass is 142 g/mol. The maximum absolute atomic E-state index is 12.3. The lowest BCUT2D eigenvalue weighted by Gasteiger charge is -1.95. The summed E-state index contributed by atoms with van der Waals surface area (Å²) in [5.74, 6) is 0.455. The molecule has 1 unspecified atom stereocenters. The van der Waals surface area contributed by atoms with Gasteiger partial charge in [0.15, 0.2) is 0 Å². The van der Waals surface area contributed by atoms with Crippen LogP contribution in [0.15, 0.2) is 0 Å². The van der Waals surface area contributed by atoms with Gasteiger partial charge in [0.05, 0.1) is 0 Å². The van der Waals surface area contributed by atoms with Crippen LogP contribution in [0, 0.1) is 0 Å². The fourth-order valence-electron chi connectivity index (χ4n) is 1.34. The summed E-state index contributed by atoms with van der Waals surface area (Å²) < 4.78 is 12.3. The zero-order chi connectivity index (χ0) is 7.40. The molecular weight excluding hydrogens is 126 g/mol. The van der Waals surface area contributed by atoms with Gasteiger partial charge in [-0.15, -0.1) is 0 Å². The van der Waals surface area contributed by atoms with E-state index >= 15 is 0 Å². The molecule has 0 nitrogen and oxygen atoms in total. The predicted molar refractivity (Wildman–Crippen MR) is 44.2 cm³/mol. The lowest BCUT2D eigenvalue weighted by Crippen LogP contribution is -1.80. The maximum atomic E-state index is 12.3. The standard InChI is InChI=1S/C8H16BF/c1-2-3-4-5-6-8-7-9(8)10/h8H,2-7H2,1H3. The van der Waals surface area contributed by atoms with Crippen molar-refractivity contribution < 1.29 is 4.32 Å². The predicted octanol–water partition coefficient (Wildman–Crippen LogP) is 3.30. The van der Waals surface area contributed by atoms with Crippen molar-refractivity contribution in [2.45, 2.75) is 51.2 Å². The van der Waals surface area contributed by atoms with E-state index in [0.29, 0.717) is 5.82 Å². The first-order chi connectivity index (χ1) is 4.84. The zero-order valence-corrected chi connectivity index (χ0v) is 6.78. The molecule has 58 valence electrons. The van der Waals surface area contributed by atoms with Crippen molar-refractivity contribution in [1.82, 2.24) is 0 Å². The van der Waals surface area contributed by atoms with Gasteiger partial charge in [0, 0.05) is 0 Å². The van der Waals surface area contributed by atoms with Crippen LogP contribution in [-0.2, 0) is 0 Å². The average Bonchev–Trinajstić information content (AvgIpc) is 2.60.